The van der Waals surface area contributed by atoms with Crippen LogP contribution in [0.25, 0.3) is 32.8 Å². The number of carboxylic acids is 1. The number of aromatic amines is 1. The highest BCUT2D eigenvalue weighted by Gasteiger charge is 2.25. The van der Waals surface area contributed by atoms with Gasteiger partial charge in [0.25, 0.3) is 0 Å². The SMILES string of the molecule is Cc1nn(C)c(C(=O)O)c1-c1cccc2c(CCCOc3cccc4ccccc34)c(OC(=O)O)[nH]c12. The van der Waals surface area contributed by atoms with Crippen LogP contribution in [0.4, 0.5) is 4.79 Å². The number of para-hydroxylation sites is 1. The summed E-state index contributed by atoms with van der Waals surface area (Å²) in [5, 5.41) is 26.3. The van der Waals surface area contributed by atoms with E-state index in [0.717, 1.165) is 21.9 Å². The predicted molar refractivity (Wildman–Crippen MR) is 139 cm³/mol. The molecule has 2 heterocycles. The summed E-state index contributed by atoms with van der Waals surface area (Å²) in [5.74, 6) is -0.206. The molecule has 0 aliphatic heterocycles. The van der Waals surface area contributed by atoms with E-state index in [-0.39, 0.29) is 11.6 Å². The second-order valence-corrected chi connectivity index (χ2v) is 8.70. The third-order valence-electron chi connectivity index (χ3n) is 6.36. The van der Waals surface area contributed by atoms with Gasteiger partial charge in [0.05, 0.1) is 17.8 Å². The number of hydrogen-bond acceptors (Lipinski definition) is 5. The molecule has 0 unspecified atom stereocenters. The molecule has 9 nitrogen and oxygen atoms in total. The van der Waals surface area contributed by atoms with Crippen molar-refractivity contribution in [3.63, 3.8) is 0 Å². The van der Waals surface area contributed by atoms with Crippen LogP contribution < -0.4 is 9.47 Å². The van der Waals surface area contributed by atoms with Crippen LogP contribution in [-0.4, -0.2) is 43.7 Å². The molecule has 2 aromatic heterocycles. The lowest BCUT2D eigenvalue weighted by Crippen LogP contribution is -2.06. The van der Waals surface area contributed by atoms with Crippen molar-refractivity contribution >= 4 is 33.8 Å². The Morgan fingerprint density at radius 3 is 2.51 bits per heavy atom. The summed E-state index contributed by atoms with van der Waals surface area (Å²) < 4.78 is 12.5. The Balaban J connectivity index is 1.47. The molecule has 3 N–H and O–H groups in total. The normalized spacial score (nSPS) is 11.2. The van der Waals surface area contributed by atoms with E-state index in [1.54, 1.807) is 20.0 Å². The van der Waals surface area contributed by atoms with Crippen molar-refractivity contribution in [2.24, 2.45) is 7.05 Å². The zero-order chi connectivity index (χ0) is 26.1. The van der Waals surface area contributed by atoms with Gasteiger partial charge in [-0.25, -0.2) is 9.59 Å². The van der Waals surface area contributed by atoms with Crippen LogP contribution in [0, 0.1) is 6.92 Å². The number of hydrogen-bond donors (Lipinski definition) is 3. The first-order valence-electron chi connectivity index (χ1n) is 11.8. The number of nitrogens with one attached hydrogen (secondary N) is 1. The van der Waals surface area contributed by atoms with E-state index in [9.17, 15) is 19.8 Å². The maximum Gasteiger partial charge on any atom is 0.512 e. The van der Waals surface area contributed by atoms with Crippen molar-refractivity contribution in [2.75, 3.05) is 6.61 Å². The van der Waals surface area contributed by atoms with Crippen molar-refractivity contribution in [3.05, 3.63) is 77.6 Å². The Kier molecular flexibility index (Phi) is 6.27. The fourth-order valence-corrected chi connectivity index (χ4v) is 4.86. The Bertz CT molecular complexity index is 1640. The molecule has 0 saturated carbocycles. The first-order valence-corrected chi connectivity index (χ1v) is 11.8. The second-order valence-electron chi connectivity index (χ2n) is 8.70. The van der Waals surface area contributed by atoms with Gasteiger partial charge >= 0.3 is 12.1 Å². The summed E-state index contributed by atoms with van der Waals surface area (Å²) in [7, 11) is 1.58. The van der Waals surface area contributed by atoms with Crippen molar-refractivity contribution in [1.82, 2.24) is 14.8 Å². The quantitative estimate of drug-likeness (QED) is 0.182. The zero-order valence-electron chi connectivity index (χ0n) is 20.3. The van der Waals surface area contributed by atoms with Gasteiger partial charge in [0.15, 0.2) is 5.69 Å². The Labute approximate surface area is 211 Å². The smallest absolute Gasteiger partial charge is 0.493 e. The average Bonchev–Trinajstić information content (AvgIpc) is 3.36. The van der Waals surface area contributed by atoms with Crippen LogP contribution in [0.1, 0.15) is 28.2 Å². The third kappa shape index (κ3) is 4.47. The summed E-state index contributed by atoms with van der Waals surface area (Å²) in [5.41, 5.74) is 2.93. The predicted octanol–water partition coefficient (Wildman–Crippen LogP) is 5.80. The molecule has 0 bridgehead atoms. The van der Waals surface area contributed by atoms with Crippen molar-refractivity contribution in [2.45, 2.75) is 19.8 Å². The topological polar surface area (TPSA) is 127 Å². The van der Waals surface area contributed by atoms with E-state index >= 15 is 0 Å². The molecule has 3 aromatic carbocycles. The molecule has 0 atom stereocenters. The standard InChI is InChI=1S/C28H25N3O6/c1-16-23(25(27(32)33)31(2)30-16)21-12-6-11-19-20(26(29-24(19)21)37-28(34)35)13-7-15-36-22-14-5-9-17-8-3-4-10-18(17)22/h3-6,8-12,14,29H,7,13,15H2,1-2H3,(H,32,33)(H,34,35). The van der Waals surface area contributed by atoms with Crippen molar-refractivity contribution < 1.29 is 29.3 Å². The Morgan fingerprint density at radius 1 is 1.00 bits per heavy atom. The molecule has 0 aliphatic carbocycles. The highest BCUT2D eigenvalue weighted by atomic mass is 16.7. The molecular formula is C28H25N3O6. The van der Waals surface area contributed by atoms with Crippen LogP contribution in [0.3, 0.4) is 0 Å². The fraction of sp³-hybridized carbons (Fsp3) is 0.179. The number of aryl methyl sites for hydroxylation is 3. The molecule has 0 amide bonds. The monoisotopic (exact) mass is 499 g/mol. The van der Waals surface area contributed by atoms with Gasteiger partial charge in [0.2, 0.25) is 5.88 Å². The number of carboxylic acid groups (broad SMARTS) is 2. The Hall–Kier alpha value is -4.79. The lowest BCUT2D eigenvalue weighted by atomic mass is 9.99. The van der Waals surface area contributed by atoms with Gasteiger partial charge in [-0.2, -0.15) is 5.10 Å². The summed E-state index contributed by atoms with van der Waals surface area (Å²) in [6, 6.07) is 19.3. The molecule has 188 valence electrons. The van der Waals surface area contributed by atoms with E-state index in [2.05, 4.69) is 10.1 Å². The molecule has 5 aromatic rings. The molecule has 9 heteroatoms. The number of H-pyrrole nitrogens is 1. The van der Waals surface area contributed by atoms with E-state index in [1.807, 2.05) is 54.6 Å². The summed E-state index contributed by atoms with van der Waals surface area (Å²) in [4.78, 5) is 26.5. The minimum atomic E-state index is -1.44. The van der Waals surface area contributed by atoms with Crippen LogP contribution >= 0.6 is 0 Å². The van der Waals surface area contributed by atoms with Gasteiger partial charge < -0.3 is 24.7 Å². The minimum Gasteiger partial charge on any atom is -0.493 e. The summed E-state index contributed by atoms with van der Waals surface area (Å²) in [6.45, 7) is 2.15. The number of aromatic carboxylic acids is 1. The first kappa shape index (κ1) is 23.9. The number of aromatic nitrogens is 3. The van der Waals surface area contributed by atoms with E-state index < -0.39 is 12.1 Å². The molecule has 0 saturated heterocycles. The fourth-order valence-electron chi connectivity index (χ4n) is 4.86. The van der Waals surface area contributed by atoms with Gasteiger partial charge in [-0.1, -0.05) is 54.6 Å². The number of ether oxygens (including phenoxy) is 2. The number of fused-ring (bicyclic) bond motifs is 2. The molecule has 5 rings (SSSR count). The Morgan fingerprint density at radius 2 is 1.73 bits per heavy atom. The van der Waals surface area contributed by atoms with Crippen molar-refractivity contribution in [1.29, 1.82) is 0 Å². The van der Waals surface area contributed by atoms with Gasteiger partial charge in [-0.3, -0.25) is 4.68 Å². The van der Waals surface area contributed by atoms with Crippen molar-refractivity contribution in [3.8, 4) is 22.8 Å². The van der Waals surface area contributed by atoms with Crippen LogP contribution in [0.15, 0.2) is 60.7 Å². The third-order valence-corrected chi connectivity index (χ3v) is 6.36. The van der Waals surface area contributed by atoms with E-state index in [0.29, 0.717) is 47.3 Å². The van der Waals surface area contributed by atoms with Gasteiger partial charge in [-0.15, -0.1) is 0 Å². The highest BCUT2D eigenvalue weighted by molar-refractivity contribution is 6.04. The second kappa shape index (κ2) is 9.69. The largest absolute Gasteiger partial charge is 0.512 e. The number of benzene rings is 3. The van der Waals surface area contributed by atoms with Crippen LogP contribution in [-0.2, 0) is 13.5 Å². The van der Waals surface area contributed by atoms with E-state index in [4.69, 9.17) is 9.47 Å². The zero-order valence-corrected chi connectivity index (χ0v) is 20.3. The highest BCUT2D eigenvalue weighted by Crippen LogP contribution is 2.38. The van der Waals surface area contributed by atoms with Crippen LogP contribution in [0.5, 0.6) is 11.6 Å². The molecule has 0 radical (unpaired) electrons. The lowest BCUT2D eigenvalue weighted by Gasteiger charge is -2.10. The first-order chi connectivity index (χ1) is 17.8. The minimum absolute atomic E-state index is 0.0466. The van der Waals surface area contributed by atoms with Gasteiger partial charge in [-0.05, 0) is 31.2 Å². The maximum absolute atomic E-state index is 12.0. The summed E-state index contributed by atoms with van der Waals surface area (Å²) >= 11 is 0. The summed E-state index contributed by atoms with van der Waals surface area (Å²) in [6.07, 6.45) is -0.359. The molecule has 37 heavy (non-hydrogen) atoms. The number of rotatable bonds is 8. The maximum atomic E-state index is 12.0. The molecule has 0 fully saturated rings. The molecule has 0 spiro atoms. The number of carbonyl (C=O) groups is 2. The average molecular weight is 500 g/mol. The van der Waals surface area contributed by atoms with Gasteiger partial charge in [0, 0.05) is 34.5 Å². The van der Waals surface area contributed by atoms with E-state index in [1.165, 1.54) is 4.68 Å². The molecule has 0 aliphatic rings. The molecular weight excluding hydrogens is 474 g/mol. The lowest BCUT2D eigenvalue weighted by molar-refractivity contribution is 0.0685. The number of nitrogens with zero attached hydrogens (tertiary/aromatic N) is 2. The van der Waals surface area contributed by atoms with Crippen LogP contribution in [0.2, 0.25) is 0 Å². The van der Waals surface area contributed by atoms with Gasteiger partial charge in [0.1, 0.15) is 5.75 Å².